The molecule has 0 aliphatic heterocycles. The second-order valence-corrected chi connectivity index (χ2v) is 4.47. The summed E-state index contributed by atoms with van der Waals surface area (Å²) in [5.41, 5.74) is -0.567. The van der Waals surface area contributed by atoms with Gasteiger partial charge in [-0.25, -0.2) is 9.59 Å². The lowest BCUT2D eigenvalue weighted by Crippen LogP contribution is -2.26. The maximum Gasteiger partial charge on any atom is 0.333 e. The van der Waals surface area contributed by atoms with Gasteiger partial charge < -0.3 is 19.3 Å². The molecule has 0 aromatic carbocycles. The summed E-state index contributed by atoms with van der Waals surface area (Å²) >= 11 is 0. The lowest BCUT2D eigenvalue weighted by atomic mass is 10.1. The molecule has 0 rings (SSSR count). The summed E-state index contributed by atoms with van der Waals surface area (Å²) in [6, 6.07) is 0. The van der Waals surface area contributed by atoms with Crippen LogP contribution < -0.4 is 0 Å². The number of esters is 2. The van der Waals surface area contributed by atoms with Crippen LogP contribution >= 0.6 is 0 Å². The number of aliphatic hydroxyl groups is 1. The molecule has 6 heteroatoms. The zero-order valence-electron chi connectivity index (χ0n) is 11.8. The van der Waals surface area contributed by atoms with Crippen molar-refractivity contribution in [1.82, 2.24) is 0 Å². The van der Waals surface area contributed by atoms with E-state index in [0.29, 0.717) is 6.42 Å². The second-order valence-electron chi connectivity index (χ2n) is 4.47. The van der Waals surface area contributed by atoms with Gasteiger partial charge in [-0.05, 0) is 27.2 Å². The molecule has 1 atom stereocenters. The molecule has 0 spiro atoms. The molecule has 0 saturated carbocycles. The lowest BCUT2D eigenvalue weighted by molar-refractivity contribution is -0.170. The van der Waals surface area contributed by atoms with E-state index in [4.69, 9.17) is 19.3 Å². The topological polar surface area (TPSA) is 82.1 Å². The van der Waals surface area contributed by atoms with Gasteiger partial charge in [0.15, 0.2) is 0 Å². The van der Waals surface area contributed by atoms with Crippen LogP contribution in [-0.2, 0) is 23.8 Å². The number of ether oxygens (including phenoxy) is 3. The van der Waals surface area contributed by atoms with Crippen LogP contribution in [0.15, 0.2) is 12.2 Å². The fourth-order valence-corrected chi connectivity index (χ4v) is 0.970. The van der Waals surface area contributed by atoms with E-state index in [1.807, 2.05) is 6.92 Å². The van der Waals surface area contributed by atoms with Crippen LogP contribution in [0.3, 0.4) is 0 Å². The number of rotatable bonds is 8. The molecule has 1 N–H and O–H groups in total. The average Bonchev–Trinajstić information content (AvgIpc) is 2.33. The molecule has 0 amide bonds. The van der Waals surface area contributed by atoms with Crippen LogP contribution in [0, 0.1) is 0 Å². The molecule has 0 fully saturated rings. The summed E-state index contributed by atoms with van der Waals surface area (Å²) in [5.74, 6) is -1.32. The van der Waals surface area contributed by atoms with Crippen molar-refractivity contribution in [2.75, 3.05) is 13.2 Å². The van der Waals surface area contributed by atoms with Gasteiger partial charge in [0.1, 0.15) is 5.60 Å². The lowest BCUT2D eigenvalue weighted by Gasteiger charge is -2.22. The highest BCUT2D eigenvalue weighted by Gasteiger charge is 2.19. The standard InChI is InChI=1S/C13H22O6/c1-5-13(3,4)19-12(16)7-6-11(15)18-10(2)17-9-8-14/h6-7,10,14H,5,8-9H2,1-4H3/b7-6-. The molecular formula is C13H22O6. The predicted octanol–water partition coefficient (Wildman–Crippen LogP) is 1.17. The van der Waals surface area contributed by atoms with Crippen LogP contribution in [0.2, 0.25) is 0 Å². The van der Waals surface area contributed by atoms with Crippen molar-refractivity contribution in [3.8, 4) is 0 Å². The summed E-state index contributed by atoms with van der Waals surface area (Å²) in [5, 5.41) is 8.52. The molecule has 0 aromatic rings. The van der Waals surface area contributed by atoms with Crippen LogP contribution in [0.4, 0.5) is 0 Å². The highest BCUT2D eigenvalue weighted by atomic mass is 16.7. The molecule has 0 saturated heterocycles. The zero-order valence-corrected chi connectivity index (χ0v) is 11.8. The van der Waals surface area contributed by atoms with Gasteiger partial charge in [0.2, 0.25) is 6.29 Å². The van der Waals surface area contributed by atoms with Gasteiger partial charge in [0.25, 0.3) is 0 Å². The summed E-state index contributed by atoms with van der Waals surface area (Å²) in [7, 11) is 0. The first kappa shape index (κ1) is 17.6. The molecule has 19 heavy (non-hydrogen) atoms. The first-order valence-corrected chi connectivity index (χ1v) is 6.15. The van der Waals surface area contributed by atoms with E-state index in [0.717, 1.165) is 12.2 Å². The van der Waals surface area contributed by atoms with E-state index in [1.165, 1.54) is 6.92 Å². The fourth-order valence-electron chi connectivity index (χ4n) is 0.970. The predicted molar refractivity (Wildman–Crippen MR) is 68.2 cm³/mol. The van der Waals surface area contributed by atoms with Gasteiger partial charge in [0, 0.05) is 12.2 Å². The van der Waals surface area contributed by atoms with E-state index in [1.54, 1.807) is 13.8 Å². The summed E-state index contributed by atoms with van der Waals surface area (Å²) in [4.78, 5) is 22.7. The Morgan fingerprint density at radius 1 is 1.26 bits per heavy atom. The third-order valence-electron chi connectivity index (χ3n) is 2.31. The third kappa shape index (κ3) is 9.21. The monoisotopic (exact) mass is 274 g/mol. The molecule has 0 bridgehead atoms. The highest BCUT2D eigenvalue weighted by molar-refractivity contribution is 5.91. The Morgan fingerprint density at radius 2 is 1.84 bits per heavy atom. The minimum atomic E-state index is -0.785. The molecule has 0 aliphatic rings. The van der Waals surface area contributed by atoms with Crippen molar-refractivity contribution in [1.29, 1.82) is 0 Å². The Morgan fingerprint density at radius 3 is 2.37 bits per heavy atom. The zero-order chi connectivity index (χ0) is 14.9. The Balaban J connectivity index is 4.11. The minimum Gasteiger partial charge on any atom is -0.457 e. The number of hydrogen-bond donors (Lipinski definition) is 1. The van der Waals surface area contributed by atoms with E-state index in [9.17, 15) is 9.59 Å². The normalized spacial score (nSPS) is 13.3. The summed E-state index contributed by atoms with van der Waals surface area (Å²) in [6.45, 7) is 6.89. The smallest absolute Gasteiger partial charge is 0.333 e. The maximum absolute atomic E-state index is 11.4. The van der Waals surface area contributed by atoms with Gasteiger partial charge in [-0.3, -0.25) is 0 Å². The van der Waals surface area contributed by atoms with Crippen molar-refractivity contribution in [2.24, 2.45) is 0 Å². The quantitative estimate of drug-likeness (QED) is 0.406. The first-order chi connectivity index (χ1) is 8.80. The average molecular weight is 274 g/mol. The van der Waals surface area contributed by atoms with Crippen molar-refractivity contribution < 1.29 is 28.9 Å². The Labute approximate surface area is 113 Å². The molecule has 0 radical (unpaired) electrons. The van der Waals surface area contributed by atoms with Gasteiger partial charge in [-0.2, -0.15) is 0 Å². The molecule has 1 unspecified atom stereocenters. The van der Waals surface area contributed by atoms with Crippen molar-refractivity contribution in [2.45, 2.75) is 46.0 Å². The van der Waals surface area contributed by atoms with Crippen LogP contribution in [-0.4, -0.2) is 42.1 Å². The van der Waals surface area contributed by atoms with Crippen molar-refractivity contribution in [3.05, 3.63) is 12.2 Å². The number of carbonyl (C=O) groups is 2. The summed E-state index contributed by atoms with van der Waals surface area (Å²) in [6.07, 6.45) is 1.88. The molecule has 0 aromatic heterocycles. The SMILES string of the molecule is CCC(C)(C)OC(=O)/C=C\C(=O)OC(C)OCCO. The first-order valence-electron chi connectivity index (χ1n) is 6.15. The van der Waals surface area contributed by atoms with E-state index >= 15 is 0 Å². The summed E-state index contributed by atoms with van der Waals surface area (Å²) < 4.78 is 14.8. The van der Waals surface area contributed by atoms with Crippen molar-refractivity contribution in [3.63, 3.8) is 0 Å². The largest absolute Gasteiger partial charge is 0.457 e. The van der Waals surface area contributed by atoms with Crippen LogP contribution in [0.25, 0.3) is 0 Å². The van der Waals surface area contributed by atoms with Crippen LogP contribution in [0.5, 0.6) is 0 Å². The minimum absolute atomic E-state index is 0.0743. The van der Waals surface area contributed by atoms with Crippen molar-refractivity contribution >= 4 is 11.9 Å². The van der Waals surface area contributed by atoms with E-state index in [2.05, 4.69) is 0 Å². The van der Waals surface area contributed by atoms with Gasteiger partial charge >= 0.3 is 11.9 Å². The second kappa shape index (κ2) is 8.66. The van der Waals surface area contributed by atoms with Crippen LogP contribution in [0.1, 0.15) is 34.1 Å². The molecule has 0 aliphatic carbocycles. The molecule has 6 nitrogen and oxygen atoms in total. The van der Waals surface area contributed by atoms with Gasteiger partial charge in [-0.1, -0.05) is 6.92 Å². The van der Waals surface area contributed by atoms with E-state index < -0.39 is 23.8 Å². The number of carbonyl (C=O) groups excluding carboxylic acids is 2. The number of aliphatic hydroxyl groups excluding tert-OH is 1. The highest BCUT2D eigenvalue weighted by Crippen LogP contribution is 2.13. The Bertz CT molecular complexity index is 321. The molecule has 0 heterocycles. The molecule has 110 valence electrons. The third-order valence-corrected chi connectivity index (χ3v) is 2.31. The van der Waals surface area contributed by atoms with E-state index in [-0.39, 0.29) is 13.2 Å². The Kier molecular flexibility index (Phi) is 8.02. The Hall–Kier alpha value is -1.40. The fraction of sp³-hybridized carbons (Fsp3) is 0.692. The number of hydrogen-bond acceptors (Lipinski definition) is 6. The maximum atomic E-state index is 11.4. The van der Waals surface area contributed by atoms with Gasteiger partial charge in [-0.15, -0.1) is 0 Å². The van der Waals surface area contributed by atoms with Gasteiger partial charge in [0.05, 0.1) is 13.2 Å². The molecular weight excluding hydrogens is 252 g/mol.